The summed E-state index contributed by atoms with van der Waals surface area (Å²) < 4.78 is 29.8. The van der Waals surface area contributed by atoms with E-state index in [0.29, 0.717) is 23.4 Å². The summed E-state index contributed by atoms with van der Waals surface area (Å²) in [5.41, 5.74) is 7.48. The molecule has 0 amide bonds. The van der Waals surface area contributed by atoms with Crippen LogP contribution in [0.4, 0.5) is 0 Å². The van der Waals surface area contributed by atoms with Crippen LogP contribution in [0.2, 0.25) is 0 Å². The zero-order valence-electron chi connectivity index (χ0n) is 22.7. The molecule has 1 atom stereocenters. The Morgan fingerprint density at radius 2 is 1.76 bits per heavy atom. The quantitative estimate of drug-likeness (QED) is 0.430. The average molecular weight is 516 g/mol. The van der Waals surface area contributed by atoms with Gasteiger partial charge in [0, 0.05) is 0 Å². The molecule has 2 aromatic carbocycles. The second-order valence-corrected chi connectivity index (χ2v) is 10.3. The van der Waals surface area contributed by atoms with Crippen molar-refractivity contribution in [2.45, 2.75) is 65.3 Å². The first-order valence-corrected chi connectivity index (χ1v) is 12.6. The molecule has 4 rings (SSSR count). The molecule has 38 heavy (non-hydrogen) atoms. The maximum Gasteiger partial charge on any atom is 0.495 e. The molecule has 0 bridgehead atoms. The van der Waals surface area contributed by atoms with Gasteiger partial charge in [0.2, 0.25) is 5.88 Å². The zero-order chi connectivity index (χ0) is 27.7. The SMILES string of the molecule is CCOC(=O)C1=C(C)OC(N)=C(C#N)C1c1cc(OCc2ccccc2)ccc1B1OC(C)(C)C(C)(C)O1. The lowest BCUT2D eigenvalue weighted by Gasteiger charge is -2.32. The molecular formula is C29H33BN2O6. The van der Waals surface area contributed by atoms with E-state index in [4.69, 9.17) is 29.3 Å². The van der Waals surface area contributed by atoms with Crippen molar-refractivity contribution in [2.75, 3.05) is 6.61 Å². The summed E-state index contributed by atoms with van der Waals surface area (Å²) in [6.45, 7) is 11.7. The first kappa shape index (κ1) is 27.3. The molecule has 2 aliphatic heterocycles. The van der Waals surface area contributed by atoms with Gasteiger partial charge >= 0.3 is 13.1 Å². The average Bonchev–Trinajstić information content (AvgIpc) is 3.09. The van der Waals surface area contributed by atoms with Gasteiger partial charge in [0.25, 0.3) is 0 Å². The van der Waals surface area contributed by atoms with Crippen LogP contribution in [0, 0.1) is 11.3 Å². The summed E-state index contributed by atoms with van der Waals surface area (Å²) in [7, 11) is -0.758. The van der Waals surface area contributed by atoms with Crippen molar-refractivity contribution in [3.05, 3.63) is 82.4 Å². The molecular weight excluding hydrogens is 483 g/mol. The van der Waals surface area contributed by atoms with Crippen molar-refractivity contribution in [3.8, 4) is 11.8 Å². The standard InChI is InChI=1S/C29H33BN2O6/c1-7-34-27(33)24-18(2)36-26(32)22(16-31)25(24)21-15-20(35-17-19-11-9-8-10-12-19)13-14-23(21)30-37-28(3,4)29(5,6)38-30/h8-15,25H,7,17,32H2,1-6H3. The maximum absolute atomic E-state index is 13.2. The van der Waals surface area contributed by atoms with E-state index in [-0.39, 0.29) is 29.4 Å². The number of nitrogens with two attached hydrogens (primary N) is 1. The summed E-state index contributed by atoms with van der Waals surface area (Å²) in [4.78, 5) is 13.2. The monoisotopic (exact) mass is 516 g/mol. The summed E-state index contributed by atoms with van der Waals surface area (Å²) in [5, 5.41) is 10.1. The lowest BCUT2D eigenvalue weighted by atomic mass is 9.69. The Kier molecular flexibility index (Phi) is 7.59. The van der Waals surface area contributed by atoms with Gasteiger partial charge in [-0.1, -0.05) is 36.4 Å². The third-order valence-corrected chi connectivity index (χ3v) is 7.23. The normalized spacial score (nSPS) is 20.1. The van der Waals surface area contributed by atoms with E-state index in [2.05, 4.69) is 6.07 Å². The summed E-state index contributed by atoms with van der Waals surface area (Å²) >= 11 is 0. The lowest BCUT2D eigenvalue weighted by Crippen LogP contribution is -2.41. The van der Waals surface area contributed by atoms with Gasteiger partial charge in [-0.15, -0.1) is 0 Å². The molecule has 0 saturated carbocycles. The number of nitrogens with zero attached hydrogens (tertiary/aromatic N) is 1. The second kappa shape index (κ2) is 10.6. The van der Waals surface area contributed by atoms with Crippen molar-refractivity contribution < 1.29 is 28.3 Å². The highest BCUT2D eigenvalue weighted by Gasteiger charge is 2.53. The molecule has 2 aliphatic rings. The fraction of sp³-hybridized carbons (Fsp3) is 0.379. The van der Waals surface area contributed by atoms with Gasteiger partial charge in [-0.3, -0.25) is 0 Å². The van der Waals surface area contributed by atoms with Crippen LogP contribution in [0.25, 0.3) is 0 Å². The van der Waals surface area contributed by atoms with Gasteiger partial charge in [0.1, 0.15) is 29.8 Å². The number of nitriles is 1. The van der Waals surface area contributed by atoms with E-state index in [0.717, 1.165) is 5.56 Å². The fourth-order valence-corrected chi connectivity index (χ4v) is 4.48. The molecule has 0 radical (unpaired) electrons. The van der Waals surface area contributed by atoms with Crippen LogP contribution in [0.1, 0.15) is 58.6 Å². The molecule has 198 valence electrons. The minimum atomic E-state index is -0.873. The number of hydrogen-bond acceptors (Lipinski definition) is 8. The first-order chi connectivity index (χ1) is 18.0. The van der Waals surface area contributed by atoms with E-state index < -0.39 is 30.2 Å². The number of ether oxygens (including phenoxy) is 3. The van der Waals surface area contributed by atoms with Gasteiger partial charge in [0.05, 0.1) is 29.3 Å². The minimum absolute atomic E-state index is 0.0708. The Hall–Kier alpha value is -3.74. The predicted molar refractivity (Wildman–Crippen MR) is 143 cm³/mol. The molecule has 2 heterocycles. The molecule has 2 N–H and O–H groups in total. The Bertz CT molecular complexity index is 1310. The molecule has 0 spiro atoms. The van der Waals surface area contributed by atoms with Gasteiger partial charge < -0.3 is 29.3 Å². The highest BCUT2D eigenvalue weighted by Crippen LogP contribution is 2.42. The second-order valence-electron chi connectivity index (χ2n) is 10.3. The van der Waals surface area contributed by atoms with Gasteiger partial charge in [-0.25, -0.2) is 4.79 Å². The summed E-state index contributed by atoms with van der Waals surface area (Å²) in [6.07, 6.45) is 0. The first-order valence-electron chi connectivity index (χ1n) is 12.6. The smallest absolute Gasteiger partial charge is 0.489 e. The minimum Gasteiger partial charge on any atom is -0.489 e. The Balaban J connectivity index is 1.86. The zero-order valence-corrected chi connectivity index (χ0v) is 22.7. The van der Waals surface area contributed by atoms with Crippen LogP contribution in [-0.2, 0) is 30.2 Å². The van der Waals surface area contributed by atoms with E-state index in [9.17, 15) is 10.1 Å². The maximum atomic E-state index is 13.2. The topological polar surface area (TPSA) is 113 Å². The molecule has 1 fully saturated rings. The largest absolute Gasteiger partial charge is 0.495 e. The summed E-state index contributed by atoms with van der Waals surface area (Å²) in [6, 6.07) is 17.4. The number of rotatable bonds is 7. The molecule has 1 saturated heterocycles. The number of hydrogen-bond donors (Lipinski definition) is 1. The van der Waals surface area contributed by atoms with Gasteiger partial charge in [-0.2, -0.15) is 5.26 Å². The highest BCUT2D eigenvalue weighted by atomic mass is 16.7. The highest BCUT2D eigenvalue weighted by molar-refractivity contribution is 6.62. The number of benzene rings is 2. The van der Waals surface area contributed by atoms with E-state index in [1.807, 2.05) is 70.2 Å². The van der Waals surface area contributed by atoms with Gasteiger partial charge in [-0.05, 0) is 70.3 Å². The third kappa shape index (κ3) is 5.15. The number of esters is 1. The van der Waals surface area contributed by atoms with Crippen molar-refractivity contribution >= 4 is 18.6 Å². The molecule has 8 nitrogen and oxygen atoms in total. The van der Waals surface area contributed by atoms with Crippen molar-refractivity contribution in [3.63, 3.8) is 0 Å². The van der Waals surface area contributed by atoms with E-state index in [1.54, 1.807) is 19.9 Å². The lowest BCUT2D eigenvalue weighted by molar-refractivity contribution is -0.139. The van der Waals surface area contributed by atoms with Crippen LogP contribution in [0.5, 0.6) is 5.75 Å². The number of carbonyl (C=O) groups excluding carboxylic acids is 1. The number of carbonyl (C=O) groups is 1. The molecule has 0 aromatic heterocycles. The Morgan fingerprint density at radius 3 is 2.37 bits per heavy atom. The van der Waals surface area contributed by atoms with Crippen LogP contribution < -0.4 is 15.9 Å². The van der Waals surface area contributed by atoms with Crippen LogP contribution >= 0.6 is 0 Å². The predicted octanol–water partition coefficient (Wildman–Crippen LogP) is 4.21. The van der Waals surface area contributed by atoms with E-state index >= 15 is 0 Å². The third-order valence-electron chi connectivity index (χ3n) is 7.23. The van der Waals surface area contributed by atoms with Crippen molar-refractivity contribution in [1.82, 2.24) is 0 Å². The van der Waals surface area contributed by atoms with Gasteiger partial charge in [0.15, 0.2) is 0 Å². The van der Waals surface area contributed by atoms with E-state index in [1.165, 1.54) is 0 Å². The van der Waals surface area contributed by atoms with Crippen molar-refractivity contribution in [1.29, 1.82) is 5.26 Å². The van der Waals surface area contributed by atoms with Crippen LogP contribution in [-0.4, -0.2) is 30.9 Å². The van der Waals surface area contributed by atoms with Crippen LogP contribution in [0.15, 0.2) is 71.3 Å². The molecule has 9 heteroatoms. The number of allylic oxidation sites excluding steroid dienone is 2. The fourth-order valence-electron chi connectivity index (χ4n) is 4.48. The summed E-state index contributed by atoms with van der Waals surface area (Å²) in [5.74, 6) is -0.723. The molecule has 0 aliphatic carbocycles. The Labute approximate surface area is 224 Å². The Morgan fingerprint density at radius 1 is 1.11 bits per heavy atom. The van der Waals surface area contributed by atoms with Crippen LogP contribution in [0.3, 0.4) is 0 Å². The van der Waals surface area contributed by atoms with Crippen molar-refractivity contribution in [2.24, 2.45) is 5.73 Å². The molecule has 1 unspecified atom stereocenters. The molecule has 2 aromatic rings.